The Hall–Kier alpha value is -2.56. The molecule has 1 amide bonds. The number of nitrogens with two attached hydrogens (primary N) is 1. The van der Waals surface area contributed by atoms with Crippen LogP contribution in [0.4, 0.5) is 16.3 Å². The highest BCUT2D eigenvalue weighted by molar-refractivity contribution is 5.90. The Bertz CT molecular complexity index is 621. The quantitative estimate of drug-likeness (QED) is 0.858. The summed E-state index contributed by atoms with van der Waals surface area (Å²) >= 11 is 0. The highest BCUT2D eigenvalue weighted by atomic mass is 16.6. The number of ether oxygens (including phenoxy) is 1. The first-order chi connectivity index (χ1) is 9.89. The fraction of sp³-hybridized carbons (Fsp3) is 0.250. The SMILES string of the molecule is CC(C)(C)N(C(=O)Oc1ccccc1N)c1ccccn1. The van der Waals surface area contributed by atoms with Crippen LogP contribution >= 0.6 is 0 Å². The lowest BCUT2D eigenvalue weighted by Crippen LogP contribution is -2.47. The number of carbonyl (C=O) groups is 1. The number of pyridine rings is 1. The minimum atomic E-state index is -0.515. The first kappa shape index (κ1) is 14.8. The summed E-state index contributed by atoms with van der Waals surface area (Å²) in [4.78, 5) is 18.2. The number of amides is 1. The third kappa shape index (κ3) is 3.51. The van der Waals surface area contributed by atoms with Crippen molar-refractivity contribution in [2.24, 2.45) is 0 Å². The van der Waals surface area contributed by atoms with E-state index in [0.29, 0.717) is 17.3 Å². The Balaban J connectivity index is 2.30. The monoisotopic (exact) mass is 285 g/mol. The molecule has 110 valence electrons. The van der Waals surface area contributed by atoms with E-state index in [-0.39, 0.29) is 0 Å². The summed E-state index contributed by atoms with van der Waals surface area (Å²) in [6.45, 7) is 5.74. The van der Waals surface area contributed by atoms with E-state index < -0.39 is 11.6 Å². The normalized spacial score (nSPS) is 11.0. The van der Waals surface area contributed by atoms with Gasteiger partial charge in [-0.15, -0.1) is 0 Å². The highest BCUT2D eigenvalue weighted by Crippen LogP contribution is 2.26. The van der Waals surface area contributed by atoms with Crippen molar-refractivity contribution in [3.05, 3.63) is 48.7 Å². The van der Waals surface area contributed by atoms with Gasteiger partial charge in [-0.3, -0.25) is 4.90 Å². The van der Waals surface area contributed by atoms with Gasteiger partial charge in [-0.2, -0.15) is 0 Å². The molecule has 0 atom stereocenters. The number of carbonyl (C=O) groups excluding carboxylic acids is 1. The van der Waals surface area contributed by atoms with Gasteiger partial charge < -0.3 is 10.5 Å². The van der Waals surface area contributed by atoms with Crippen LogP contribution in [-0.4, -0.2) is 16.6 Å². The van der Waals surface area contributed by atoms with Crippen LogP contribution in [0.25, 0.3) is 0 Å². The summed E-state index contributed by atoms with van der Waals surface area (Å²) in [5.74, 6) is 0.872. The molecule has 0 bridgehead atoms. The average Bonchev–Trinajstić information content (AvgIpc) is 2.41. The van der Waals surface area contributed by atoms with Crippen LogP contribution in [-0.2, 0) is 0 Å². The molecule has 0 saturated heterocycles. The minimum Gasteiger partial charge on any atom is -0.408 e. The summed E-state index contributed by atoms with van der Waals surface area (Å²) in [5, 5.41) is 0. The molecule has 5 heteroatoms. The summed E-state index contributed by atoms with van der Waals surface area (Å²) < 4.78 is 5.41. The molecule has 1 heterocycles. The Morgan fingerprint density at radius 3 is 2.38 bits per heavy atom. The number of aromatic nitrogens is 1. The molecule has 5 nitrogen and oxygen atoms in total. The van der Waals surface area contributed by atoms with Crippen molar-refractivity contribution in [3.63, 3.8) is 0 Å². The molecule has 1 aromatic carbocycles. The molecular weight excluding hydrogens is 266 g/mol. The molecule has 0 unspecified atom stereocenters. The van der Waals surface area contributed by atoms with E-state index in [2.05, 4.69) is 4.98 Å². The number of nitrogen functional groups attached to an aromatic ring is 1. The largest absolute Gasteiger partial charge is 0.421 e. The lowest BCUT2D eigenvalue weighted by Gasteiger charge is -2.33. The Labute approximate surface area is 124 Å². The van der Waals surface area contributed by atoms with E-state index in [0.717, 1.165) is 0 Å². The van der Waals surface area contributed by atoms with Crippen LogP contribution in [0.2, 0.25) is 0 Å². The zero-order chi connectivity index (χ0) is 15.5. The maximum absolute atomic E-state index is 12.5. The highest BCUT2D eigenvalue weighted by Gasteiger charge is 2.31. The number of hydrogen-bond acceptors (Lipinski definition) is 4. The Kier molecular flexibility index (Phi) is 4.12. The van der Waals surface area contributed by atoms with Gasteiger partial charge in [0.15, 0.2) is 5.75 Å². The van der Waals surface area contributed by atoms with Crippen LogP contribution in [0.5, 0.6) is 5.75 Å². The standard InChI is InChI=1S/C16H19N3O2/c1-16(2,3)19(14-10-6-7-11-18-14)15(20)21-13-9-5-4-8-12(13)17/h4-11H,17H2,1-3H3. The van der Waals surface area contributed by atoms with Crippen LogP contribution in [0, 0.1) is 0 Å². The smallest absolute Gasteiger partial charge is 0.408 e. The van der Waals surface area contributed by atoms with Gasteiger partial charge in [-0.25, -0.2) is 9.78 Å². The second kappa shape index (κ2) is 5.83. The fourth-order valence-corrected chi connectivity index (χ4v) is 1.91. The van der Waals surface area contributed by atoms with Crippen molar-refractivity contribution in [2.45, 2.75) is 26.3 Å². The van der Waals surface area contributed by atoms with Crippen LogP contribution in [0.15, 0.2) is 48.7 Å². The molecule has 2 N–H and O–H groups in total. The average molecular weight is 285 g/mol. The molecule has 2 aromatic rings. The summed E-state index contributed by atoms with van der Waals surface area (Å²) in [6.07, 6.45) is 1.12. The van der Waals surface area contributed by atoms with Gasteiger partial charge in [0.25, 0.3) is 0 Å². The molecule has 0 aliphatic heterocycles. The van der Waals surface area contributed by atoms with Gasteiger partial charge in [0.2, 0.25) is 0 Å². The predicted molar refractivity (Wildman–Crippen MR) is 83.3 cm³/mol. The van der Waals surface area contributed by atoms with Crippen molar-refractivity contribution < 1.29 is 9.53 Å². The molecule has 0 spiro atoms. The topological polar surface area (TPSA) is 68.5 Å². The summed E-state index contributed by atoms with van der Waals surface area (Å²) in [7, 11) is 0. The third-order valence-electron chi connectivity index (χ3n) is 2.85. The second-order valence-electron chi connectivity index (χ2n) is 5.60. The van der Waals surface area contributed by atoms with Gasteiger partial charge in [-0.05, 0) is 45.0 Å². The van der Waals surface area contributed by atoms with Gasteiger partial charge in [-0.1, -0.05) is 18.2 Å². The first-order valence-electron chi connectivity index (χ1n) is 6.67. The van der Waals surface area contributed by atoms with E-state index in [4.69, 9.17) is 10.5 Å². The molecule has 1 aromatic heterocycles. The Morgan fingerprint density at radius 2 is 1.81 bits per heavy atom. The third-order valence-corrected chi connectivity index (χ3v) is 2.85. The van der Waals surface area contributed by atoms with E-state index in [1.807, 2.05) is 26.8 Å². The van der Waals surface area contributed by atoms with Crippen LogP contribution in [0.1, 0.15) is 20.8 Å². The first-order valence-corrected chi connectivity index (χ1v) is 6.67. The van der Waals surface area contributed by atoms with E-state index in [1.54, 1.807) is 42.6 Å². The maximum atomic E-state index is 12.5. The number of para-hydroxylation sites is 2. The van der Waals surface area contributed by atoms with Crippen LogP contribution < -0.4 is 15.4 Å². The van der Waals surface area contributed by atoms with Gasteiger partial charge in [0, 0.05) is 11.7 Å². The summed E-state index contributed by atoms with van der Waals surface area (Å²) in [6, 6.07) is 12.3. The van der Waals surface area contributed by atoms with Crippen molar-refractivity contribution in [3.8, 4) is 5.75 Å². The van der Waals surface area contributed by atoms with Gasteiger partial charge >= 0.3 is 6.09 Å². The number of hydrogen-bond donors (Lipinski definition) is 1. The lowest BCUT2D eigenvalue weighted by molar-refractivity contribution is 0.201. The maximum Gasteiger partial charge on any atom is 0.421 e. The number of rotatable bonds is 2. The second-order valence-corrected chi connectivity index (χ2v) is 5.60. The zero-order valence-electron chi connectivity index (χ0n) is 12.4. The molecule has 2 rings (SSSR count). The van der Waals surface area contributed by atoms with Crippen molar-refractivity contribution >= 4 is 17.6 Å². The molecule has 0 aliphatic carbocycles. The molecular formula is C16H19N3O2. The molecule has 21 heavy (non-hydrogen) atoms. The summed E-state index contributed by atoms with van der Waals surface area (Å²) in [5.41, 5.74) is 5.75. The molecule has 0 radical (unpaired) electrons. The van der Waals surface area contributed by atoms with E-state index >= 15 is 0 Å². The number of nitrogens with zero attached hydrogens (tertiary/aromatic N) is 2. The van der Waals surface area contributed by atoms with Crippen molar-refractivity contribution in [1.82, 2.24) is 4.98 Å². The molecule has 0 saturated carbocycles. The zero-order valence-corrected chi connectivity index (χ0v) is 12.4. The number of anilines is 2. The lowest BCUT2D eigenvalue weighted by atomic mass is 10.1. The van der Waals surface area contributed by atoms with Gasteiger partial charge in [0.1, 0.15) is 5.82 Å². The predicted octanol–water partition coefficient (Wildman–Crippen LogP) is 3.47. The minimum absolute atomic E-state index is 0.340. The fourth-order valence-electron chi connectivity index (χ4n) is 1.91. The molecule has 0 aliphatic rings. The van der Waals surface area contributed by atoms with E-state index in [1.165, 1.54) is 4.90 Å². The van der Waals surface area contributed by atoms with Crippen LogP contribution in [0.3, 0.4) is 0 Å². The molecule has 0 fully saturated rings. The number of benzene rings is 1. The Morgan fingerprint density at radius 1 is 1.14 bits per heavy atom. The van der Waals surface area contributed by atoms with E-state index in [9.17, 15) is 4.79 Å². The van der Waals surface area contributed by atoms with Gasteiger partial charge in [0.05, 0.1) is 5.69 Å². The van der Waals surface area contributed by atoms with Crippen molar-refractivity contribution in [1.29, 1.82) is 0 Å². The van der Waals surface area contributed by atoms with Crippen molar-refractivity contribution in [2.75, 3.05) is 10.6 Å².